The van der Waals surface area contributed by atoms with Crippen molar-refractivity contribution in [2.45, 2.75) is 13.3 Å². The van der Waals surface area contributed by atoms with E-state index in [9.17, 15) is 4.39 Å². The number of alkyl halides is 1. The van der Waals surface area contributed by atoms with Crippen LogP contribution < -0.4 is 0 Å². The topological polar surface area (TPSA) is 12.9 Å². The summed E-state index contributed by atoms with van der Waals surface area (Å²) < 4.78 is 12.4. The zero-order chi connectivity index (χ0) is 6.69. The van der Waals surface area contributed by atoms with Crippen LogP contribution in [0.2, 0.25) is 0 Å². The third kappa shape index (κ3) is 1.95. The first-order chi connectivity index (χ1) is 4.34. The van der Waals surface area contributed by atoms with Gasteiger partial charge in [0, 0.05) is 11.8 Å². The van der Waals surface area contributed by atoms with E-state index in [4.69, 9.17) is 11.6 Å². The molecule has 0 saturated carbocycles. The van der Waals surface area contributed by atoms with Crippen LogP contribution in [-0.2, 0) is 5.88 Å². The molecule has 0 spiro atoms. The second-order valence-electron chi connectivity index (χ2n) is 1.60. The van der Waals surface area contributed by atoms with Gasteiger partial charge in [-0.25, -0.2) is 4.39 Å². The fraction of sp³-hybridized carbons (Fsp3) is 0.286. The third-order valence-corrected chi connectivity index (χ3v) is 1.29. The average molecular weight is 162 g/mol. The third-order valence-electron chi connectivity index (χ3n) is 1.00. The van der Waals surface area contributed by atoms with Gasteiger partial charge in [0.1, 0.15) is 5.82 Å². The molecule has 1 aromatic rings. The van der Waals surface area contributed by atoms with Gasteiger partial charge in [0.15, 0.2) is 0 Å². The summed E-state index contributed by atoms with van der Waals surface area (Å²) in [4.78, 5) is 3.56. The molecule has 0 atom stereocenters. The maximum absolute atomic E-state index is 12.4. The Labute approximate surface area is 64.9 Å². The molecule has 3 heteroatoms. The Morgan fingerprint density at radius 2 is 2.30 bits per heavy atom. The van der Waals surface area contributed by atoms with Gasteiger partial charge in [-0.2, -0.15) is 0 Å². The van der Waals surface area contributed by atoms with Gasteiger partial charge in [0.25, 0.3) is 0 Å². The van der Waals surface area contributed by atoms with Gasteiger partial charge in [-0.05, 0) is 6.07 Å². The number of nitrogens with zero attached hydrogens (tertiary/aromatic N) is 1. The zero-order valence-electron chi connectivity index (χ0n) is 4.64. The molecular formula is C7H9ClFN. The highest BCUT2D eigenvalue weighted by Crippen LogP contribution is 2.06. The van der Waals surface area contributed by atoms with Crippen LogP contribution in [0.4, 0.5) is 4.39 Å². The monoisotopic (exact) mass is 161 g/mol. The molecule has 1 heterocycles. The van der Waals surface area contributed by atoms with E-state index in [0.29, 0.717) is 5.56 Å². The van der Waals surface area contributed by atoms with Gasteiger partial charge in [0.05, 0.1) is 12.1 Å². The Kier molecular flexibility index (Phi) is 3.96. The number of rotatable bonds is 1. The lowest BCUT2D eigenvalue weighted by Gasteiger charge is -1.92. The van der Waals surface area contributed by atoms with E-state index in [1.54, 1.807) is 6.07 Å². The van der Waals surface area contributed by atoms with Gasteiger partial charge < -0.3 is 0 Å². The minimum Gasteiger partial charge on any atom is -0.262 e. The minimum atomic E-state index is -0.340. The molecule has 0 radical (unpaired) electrons. The molecule has 0 aliphatic heterocycles. The molecule has 56 valence electrons. The van der Waals surface area contributed by atoms with Gasteiger partial charge in [0.2, 0.25) is 0 Å². The fourth-order valence-electron chi connectivity index (χ4n) is 0.512. The Bertz CT molecular complexity index is 203. The standard InChI is InChI=1S/C6H5ClFN.CH4/c7-3-5-1-2-9-4-6(5)8;/h1-2,4H,3H2;1H4. The quantitative estimate of drug-likeness (QED) is 0.577. The summed E-state index contributed by atoms with van der Waals surface area (Å²) in [6.45, 7) is 0. The van der Waals surface area contributed by atoms with Crippen molar-refractivity contribution < 1.29 is 4.39 Å². The lowest BCUT2D eigenvalue weighted by molar-refractivity contribution is 0.610. The molecule has 0 saturated heterocycles. The van der Waals surface area contributed by atoms with Crippen LogP contribution in [0.1, 0.15) is 13.0 Å². The molecule has 0 amide bonds. The predicted molar refractivity (Wildman–Crippen MR) is 40.5 cm³/mol. The van der Waals surface area contributed by atoms with E-state index in [-0.39, 0.29) is 19.1 Å². The Balaban J connectivity index is 0.000000810. The van der Waals surface area contributed by atoms with E-state index in [1.165, 1.54) is 6.20 Å². The van der Waals surface area contributed by atoms with Gasteiger partial charge in [-0.1, -0.05) is 7.43 Å². The maximum Gasteiger partial charge on any atom is 0.145 e. The Morgan fingerprint density at radius 3 is 2.70 bits per heavy atom. The number of pyridine rings is 1. The van der Waals surface area contributed by atoms with E-state index in [1.807, 2.05) is 0 Å². The van der Waals surface area contributed by atoms with Crippen molar-refractivity contribution in [1.29, 1.82) is 0 Å². The van der Waals surface area contributed by atoms with E-state index >= 15 is 0 Å². The highest BCUT2D eigenvalue weighted by molar-refractivity contribution is 6.17. The van der Waals surface area contributed by atoms with Crippen LogP contribution >= 0.6 is 11.6 Å². The summed E-state index contributed by atoms with van der Waals surface area (Å²) in [5.74, 6) is -0.138. The molecule has 1 rings (SSSR count). The largest absolute Gasteiger partial charge is 0.262 e. The maximum atomic E-state index is 12.4. The molecule has 0 aliphatic rings. The molecular weight excluding hydrogens is 153 g/mol. The summed E-state index contributed by atoms with van der Waals surface area (Å²) in [5.41, 5.74) is 0.492. The fourth-order valence-corrected chi connectivity index (χ4v) is 0.729. The first-order valence-corrected chi connectivity index (χ1v) is 3.02. The molecule has 0 aliphatic carbocycles. The van der Waals surface area contributed by atoms with E-state index < -0.39 is 0 Å². The zero-order valence-corrected chi connectivity index (χ0v) is 5.40. The highest BCUT2D eigenvalue weighted by Gasteiger charge is 1.96. The van der Waals surface area contributed by atoms with Gasteiger partial charge >= 0.3 is 0 Å². The van der Waals surface area contributed by atoms with Gasteiger partial charge in [-0.15, -0.1) is 11.6 Å². The molecule has 1 nitrogen and oxygen atoms in total. The number of hydrogen-bond acceptors (Lipinski definition) is 1. The van der Waals surface area contributed by atoms with Crippen LogP contribution in [0.25, 0.3) is 0 Å². The number of halogens is 2. The minimum absolute atomic E-state index is 0. The molecule has 0 aromatic carbocycles. The normalized spacial score (nSPS) is 8.60. The summed E-state index contributed by atoms with van der Waals surface area (Å²) >= 11 is 5.36. The SMILES string of the molecule is C.Fc1cnccc1CCl. The summed E-state index contributed by atoms with van der Waals surface area (Å²) in [6, 6.07) is 1.56. The molecule has 10 heavy (non-hydrogen) atoms. The van der Waals surface area contributed by atoms with Crippen LogP contribution in [0, 0.1) is 5.82 Å². The number of aromatic nitrogens is 1. The van der Waals surface area contributed by atoms with Crippen molar-refractivity contribution in [2.24, 2.45) is 0 Å². The van der Waals surface area contributed by atoms with Crippen molar-refractivity contribution in [2.75, 3.05) is 0 Å². The van der Waals surface area contributed by atoms with Gasteiger partial charge in [-0.3, -0.25) is 4.98 Å². The van der Waals surface area contributed by atoms with Crippen LogP contribution in [0.5, 0.6) is 0 Å². The Morgan fingerprint density at radius 1 is 1.60 bits per heavy atom. The summed E-state index contributed by atoms with van der Waals surface area (Å²) in [5, 5.41) is 0. The van der Waals surface area contributed by atoms with Crippen molar-refractivity contribution in [3.8, 4) is 0 Å². The lowest BCUT2D eigenvalue weighted by Crippen LogP contribution is -1.85. The van der Waals surface area contributed by atoms with E-state index in [2.05, 4.69) is 4.98 Å². The summed E-state index contributed by atoms with van der Waals surface area (Å²) in [6.07, 6.45) is 2.67. The molecule has 0 N–H and O–H groups in total. The van der Waals surface area contributed by atoms with Crippen molar-refractivity contribution in [1.82, 2.24) is 4.98 Å². The molecule has 0 unspecified atom stereocenters. The Hall–Kier alpha value is -0.630. The first kappa shape index (κ1) is 9.37. The summed E-state index contributed by atoms with van der Waals surface area (Å²) in [7, 11) is 0. The predicted octanol–water partition coefficient (Wildman–Crippen LogP) is 2.60. The van der Waals surface area contributed by atoms with Crippen molar-refractivity contribution >= 4 is 11.6 Å². The van der Waals surface area contributed by atoms with Crippen LogP contribution in [0.15, 0.2) is 18.5 Å². The lowest BCUT2D eigenvalue weighted by atomic mass is 10.3. The van der Waals surface area contributed by atoms with Crippen LogP contribution in [-0.4, -0.2) is 4.98 Å². The second kappa shape index (κ2) is 4.23. The van der Waals surface area contributed by atoms with Crippen LogP contribution in [0.3, 0.4) is 0 Å². The second-order valence-corrected chi connectivity index (χ2v) is 1.87. The van der Waals surface area contributed by atoms with Crippen molar-refractivity contribution in [3.05, 3.63) is 29.8 Å². The number of hydrogen-bond donors (Lipinski definition) is 0. The average Bonchev–Trinajstić information content (AvgIpc) is 1.89. The molecule has 0 bridgehead atoms. The first-order valence-electron chi connectivity index (χ1n) is 2.49. The highest BCUT2D eigenvalue weighted by atomic mass is 35.5. The van der Waals surface area contributed by atoms with E-state index in [0.717, 1.165) is 6.20 Å². The molecule has 0 fully saturated rings. The smallest absolute Gasteiger partial charge is 0.145 e. The van der Waals surface area contributed by atoms with Crippen molar-refractivity contribution in [3.63, 3.8) is 0 Å². The molecule has 1 aromatic heterocycles.